The van der Waals surface area contributed by atoms with Crippen molar-refractivity contribution in [3.05, 3.63) is 84.7 Å². The minimum atomic E-state index is -0.166. The van der Waals surface area contributed by atoms with Gasteiger partial charge in [0.25, 0.3) is 5.91 Å². The Morgan fingerprint density at radius 2 is 1.69 bits per heavy atom. The van der Waals surface area contributed by atoms with Gasteiger partial charge in [0.15, 0.2) is 6.61 Å². The highest BCUT2D eigenvalue weighted by molar-refractivity contribution is 5.92. The lowest BCUT2D eigenvalue weighted by molar-refractivity contribution is -0.118. The van der Waals surface area contributed by atoms with Crippen molar-refractivity contribution in [2.24, 2.45) is 0 Å². The first-order chi connectivity index (χ1) is 15.8. The number of benzene rings is 2. The molecule has 1 amide bonds. The average molecular weight is 431 g/mol. The van der Waals surface area contributed by atoms with Crippen molar-refractivity contribution < 1.29 is 9.53 Å². The van der Waals surface area contributed by atoms with E-state index < -0.39 is 0 Å². The number of rotatable bonds is 9. The van der Waals surface area contributed by atoms with E-state index in [1.165, 1.54) is 11.3 Å². The Morgan fingerprint density at radius 1 is 0.969 bits per heavy atom. The largest absolute Gasteiger partial charge is 0.484 e. The van der Waals surface area contributed by atoms with Crippen LogP contribution in [0.1, 0.15) is 18.4 Å². The summed E-state index contributed by atoms with van der Waals surface area (Å²) in [4.78, 5) is 18.6. The van der Waals surface area contributed by atoms with Crippen LogP contribution in [0.3, 0.4) is 0 Å². The van der Waals surface area contributed by atoms with Gasteiger partial charge >= 0.3 is 0 Å². The molecule has 1 fully saturated rings. The number of carbonyl (C=O) groups is 1. The molecule has 1 aliphatic heterocycles. The number of ether oxygens (including phenoxy) is 1. The Bertz CT molecular complexity index is 956. The molecule has 166 valence electrons. The van der Waals surface area contributed by atoms with Crippen molar-refractivity contribution in [3.8, 4) is 5.75 Å². The molecule has 6 nitrogen and oxygen atoms in total. The van der Waals surface area contributed by atoms with Crippen LogP contribution in [0.5, 0.6) is 5.75 Å². The SMILES string of the molecule is O=C(COc1ccccc1)Nc1ccc(N2CCC(NCCc3ccncc3)CC2)cc1. The Hall–Kier alpha value is -3.38. The van der Waals surface area contributed by atoms with E-state index in [0.29, 0.717) is 11.8 Å². The van der Waals surface area contributed by atoms with Gasteiger partial charge in [0, 0.05) is 42.9 Å². The highest BCUT2D eigenvalue weighted by Gasteiger charge is 2.19. The highest BCUT2D eigenvalue weighted by Crippen LogP contribution is 2.22. The summed E-state index contributed by atoms with van der Waals surface area (Å²) < 4.78 is 5.49. The molecule has 0 radical (unpaired) electrons. The zero-order valence-corrected chi connectivity index (χ0v) is 18.2. The molecule has 0 aliphatic carbocycles. The zero-order valence-electron chi connectivity index (χ0n) is 18.2. The molecule has 0 spiro atoms. The number of carbonyl (C=O) groups excluding carboxylic acids is 1. The van der Waals surface area contributed by atoms with Crippen LogP contribution in [-0.4, -0.2) is 43.2 Å². The van der Waals surface area contributed by atoms with Gasteiger partial charge in [0.05, 0.1) is 0 Å². The molecule has 6 heteroatoms. The van der Waals surface area contributed by atoms with Gasteiger partial charge in [0.2, 0.25) is 0 Å². The van der Waals surface area contributed by atoms with Gasteiger partial charge in [-0.3, -0.25) is 9.78 Å². The molecule has 0 unspecified atom stereocenters. The van der Waals surface area contributed by atoms with Crippen molar-refractivity contribution >= 4 is 17.3 Å². The third-order valence-corrected chi connectivity index (χ3v) is 5.72. The summed E-state index contributed by atoms with van der Waals surface area (Å²) in [6.45, 7) is 3.05. The molecule has 0 bridgehead atoms. The van der Waals surface area contributed by atoms with E-state index in [1.807, 2.05) is 54.9 Å². The molecule has 0 saturated carbocycles. The van der Waals surface area contributed by atoms with Gasteiger partial charge in [-0.2, -0.15) is 0 Å². The monoisotopic (exact) mass is 430 g/mol. The Labute approximate surface area is 189 Å². The fourth-order valence-electron chi connectivity index (χ4n) is 3.93. The van der Waals surface area contributed by atoms with Gasteiger partial charge < -0.3 is 20.3 Å². The quantitative estimate of drug-likeness (QED) is 0.539. The van der Waals surface area contributed by atoms with E-state index >= 15 is 0 Å². The first kappa shape index (κ1) is 21.8. The summed E-state index contributed by atoms with van der Waals surface area (Å²) >= 11 is 0. The number of anilines is 2. The minimum Gasteiger partial charge on any atom is -0.484 e. The second-order valence-corrected chi connectivity index (χ2v) is 8.02. The number of para-hydroxylation sites is 1. The second-order valence-electron chi connectivity index (χ2n) is 8.02. The number of aromatic nitrogens is 1. The lowest BCUT2D eigenvalue weighted by Crippen LogP contribution is -2.43. The first-order valence-corrected chi connectivity index (χ1v) is 11.2. The maximum Gasteiger partial charge on any atom is 0.262 e. The number of hydrogen-bond donors (Lipinski definition) is 2. The summed E-state index contributed by atoms with van der Waals surface area (Å²) in [5.74, 6) is 0.522. The van der Waals surface area contributed by atoms with Crippen LogP contribution in [-0.2, 0) is 11.2 Å². The van der Waals surface area contributed by atoms with Crippen LogP contribution < -0.4 is 20.3 Å². The Morgan fingerprint density at radius 3 is 2.41 bits per heavy atom. The Balaban J connectivity index is 1.17. The minimum absolute atomic E-state index is 0.00651. The standard InChI is InChI=1S/C26H30N4O2/c31-26(20-32-25-4-2-1-3-5-25)29-23-6-8-24(9-7-23)30-18-13-22(14-19-30)28-17-12-21-10-15-27-16-11-21/h1-11,15-16,22,28H,12-14,17-20H2,(H,29,31). The van der Waals surface area contributed by atoms with Crippen LogP contribution in [0.4, 0.5) is 11.4 Å². The summed E-state index contributed by atoms with van der Waals surface area (Å²) in [7, 11) is 0. The zero-order chi connectivity index (χ0) is 22.0. The number of nitrogens with zero attached hydrogens (tertiary/aromatic N) is 2. The molecule has 4 rings (SSSR count). The molecular weight excluding hydrogens is 400 g/mol. The van der Waals surface area contributed by atoms with Crippen molar-refractivity contribution in [1.29, 1.82) is 0 Å². The van der Waals surface area contributed by atoms with E-state index in [2.05, 4.69) is 44.8 Å². The van der Waals surface area contributed by atoms with E-state index in [-0.39, 0.29) is 12.5 Å². The molecule has 2 N–H and O–H groups in total. The lowest BCUT2D eigenvalue weighted by atomic mass is 10.0. The Kier molecular flexibility index (Phi) is 7.71. The summed E-state index contributed by atoms with van der Waals surface area (Å²) in [5.41, 5.74) is 3.30. The van der Waals surface area contributed by atoms with Crippen LogP contribution in [0.2, 0.25) is 0 Å². The van der Waals surface area contributed by atoms with Gasteiger partial charge in [-0.1, -0.05) is 18.2 Å². The third-order valence-electron chi connectivity index (χ3n) is 5.72. The van der Waals surface area contributed by atoms with Crippen molar-refractivity contribution in [2.45, 2.75) is 25.3 Å². The van der Waals surface area contributed by atoms with Crippen LogP contribution in [0.25, 0.3) is 0 Å². The normalized spacial score (nSPS) is 14.2. The molecule has 1 aromatic heterocycles. The number of piperidine rings is 1. The van der Waals surface area contributed by atoms with Crippen LogP contribution >= 0.6 is 0 Å². The van der Waals surface area contributed by atoms with E-state index in [1.54, 1.807) is 0 Å². The second kappa shape index (κ2) is 11.3. The molecule has 0 atom stereocenters. The van der Waals surface area contributed by atoms with E-state index in [4.69, 9.17) is 4.74 Å². The maximum atomic E-state index is 12.1. The smallest absolute Gasteiger partial charge is 0.262 e. The average Bonchev–Trinajstić information content (AvgIpc) is 2.85. The number of amides is 1. The van der Waals surface area contributed by atoms with Crippen molar-refractivity contribution in [2.75, 3.05) is 36.5 Å². The van der Waals surface area contributed by atoms with E-state index in [0.717, 1.165) is 44.6 Å². The van der Waals surface area contributed by atoms with Crippen LogP contribution in [0.15, 0.2) is 79.1 Å². The molecular formula is C26H30N4O2. The topological polar surface area (TPSA) is 66.5 Å². The fraction of sp³-hybridized carbons (Fsp3) is 0.308. The first-order valence-electron chi connectivity index (χ1n) is 11.2. The summed E-state index contributed by atoms with van der Waals surface area (Å²) in [6, 6.07) is 22.1. The summed E-state index contributed by atoms with van der Waals surface area (Å²) in [6.07, 6.45) is 7.00. The summed E-state index contributed by atoms with van der Waals surface area (Å²) in [5, 5.41) is 6.58. The van der Waals surface area contributed by atoms with Gasteiger partial charge in [-0.05, 0) is 79.9 Å². The van der Waals surface area contributed by atoms with Gasteiger partial charge in [-0.15, -0.1) is 0 Å². The lowest BCUT2D eigenvalue weighted by Gasteiger charge is -2.34. The highest BCUT2D eigenvalue weighted by atomic mass is 16.5. The van der Waals surface area contributed by atoms with E-state index in [9.17, 15) is 4.79 Å². The maximum absolute atomic E-state index is 12.1. The molecule has 2 aromatic carbocycles. The third kappa shape index (κ3) is 6.56. The molecule has 2 heterocycles. The number of hydrogen-bond acceptors (Lipinski definition) is 5. The molecule has 1 saturated heterocycles. The predicted molar refractivity (Wildman–Crippen MR) is 128 cm³/mol. The van der Waals surface area contributed by atoms with Crippen LogP contribution in [0, 0.1) is 0 Å². The van der Waals surface area contributed by atoms with Crippen molar-refractivity contribution in [1.82, 2.24) is 10.3 Å². The van der Waals surface area contributed by atoms with Crippen molar-refractivity contribution in [3.63, 3.8) is 0 Å². The molecule has 3 aromatic rings. The van der Waals surface area contributed by atoms with Gasteiger partial charge in [0.1, 0.15) is 5.75 Å². The number of nitrogens with one attached hydrogen (secondary N) is 2. The molecule has 1 aliphatic rings. The number of pyridine rings is 1. The molecule has 32 heavy (non-hydrogen) atoms. The predicted octanol–water partition coefficient (Wildman–Crippen LogP) is 3.90. The van der Waals surface area contributed by atoms with Gasteiger partial charge in [-0.25, -0.2) is 0 Å². The fourth-order valence-corrected chi connectivity index (χ4v) is 3.93.